The number of anilines is 1. The molecule has 0 saturated carbocycles. The Balaban J connectivity index is 0.00000245. The second-order valence-electron chi connectivity index (χ2n) is 12.4. The summed E-state index contributed by atoms with van der Waals surface area (Å²) >= 11 is 1.67. The quantitative estimate of drug-likeness (QED) is 0.171. The van der Waals surface area contributed by atoms with Gasteiger partial charge in [-0.3, -0.25) is 9.59 Å². The van der Waals surface area contributed by atoms with Crippen molar-refractivity contribution in [1.82, 2.24) is 14.8 Å². The molecule has 0 bridgehead atoms. The van der Waals surface area contributed by atoms with E-state index in [1.807, 2.05) is 68.1 Å². The molecule has 2 amide bonds. The zero-order valence-electron chi connectivity index (χ0n) is 28.5. The van der Waals surface area contributed by atoms with E-state index in [1.165, 1.54) is 6.08 Å². The maximum absolute atomic E-state index is 13.2. The number of hydrogen-bond donors (Lipinski definition) is 2. The summed E-state index contributed by atoms with van der Waals surface area (Å²) in [5.41, 5.74) is 1.42. The highest BCUT2D eigenvalue weighted by Gasteiger charge is 2.32. The Labute approximate surface area is 280 Å². The van der Waals surface area contributed by atoms with Crippen molar-refractivity contribution in [2.45, 2.75) is 59.6 Å². The van der Waals surface area contributed by atoms with Crippen molar-refractivity contribution in [1.29, 1.82) is 0 Å². The summed E-state index contributed by atoms with van der Waals surface area (Å²) in [7, 11) is 1.94. The fourth-order valence-corrected chi connectivity index (χ4v) is 6.33. The molecule has 0 spiro atoms. The topological polar surface area (TPSA) is 114 Å². The van der Waals surface area contributed by atoms with Gasteiger partial charge in [0.1, 0.15) is 28.7 Å². The minimum Gasteiger partial charge on any atom is -0.444 e. The number of aromatic nitrogens is 1. The summed E-state index contributed by atoms with van der Waals surface area (Å²) in [6, 6.07) is 16.0. The number of morpholine rings is 1. The zero-order chi connectivity index (χ0) is 34.4. The lowest BCUT2D eigenvalue weighted by Crippen LogP contribution is -2.53. The Hall–Kier alpha value is -4.48. The molecule has 0 atom stereocenters. The normalized spacial score (nSPS) is 14.4. The van der Waals surface area contributed by atoms with Crippen LogP contribution in [-0.2, 0) is 26.1 Å². The number of thiophene rings is 1. The Morgan fingerprint density at radius 1 is 0.979 bits per heavy atom. The molecule has 10 nitrogen and oxygen atoms in total. The van der Waals surface area contributed by atoms with Crippen LogP contribution in [0.1, 0.15) is 48.5 Å². The molecule has 1 fully saturated rings. The molecule has 0 unspecified atom stereocenters. The van der Waals surface area contributed by atoms with Crippen molar-refractivity contribution in [2.75, 3.05) is 31.6 Å². The first kappa shape index (κ1) is 35.4. The summed E-state index contributed by atoms with van der Waals surface area (Å²) < 4.78 is 14.9. The Bertz CT molecular complexity index is 1860. The number of pyridine rings is 1. The molecule has 1 aliphatic rings. The third-order valence-corrected chi connectivity index (χ3v) is 8.57. The molecular weight excluding hydrogens is 614 g/mol. The predicted octanol–water partition coefficient (Wildman–Crippen LogP) is 6.60. The number of amides is 2. The van der Waals surface area contributed by atoms with Crippen LogP contribution in [-0.4, -0.2) is 65.2 Å². The van der Waals surface area contributed by atoms with Crippen LogP contribution in [0, 0.1) is 0 Å². The third kappa shape index (κ3) is 8.47. The van der Waals surface area contributed by atoms with E-state index in [4.69, 9.17) is 14.5 Å². The molecule has 1 saturated heterocycles. The number of benzene rings is 2. The molecular formula is C36H45N5O5S. The van der Waals surface area contributed by atoms with Gasteiger partial charge in [-0.05, 0) is 65.0 Å². The molecule has 2 N–H and O–H groups in total. The third-order valence-electron chi connectivity index (χ3n) is 7.35. The number of aryl methyl sites for hydroxylation is 1. The van der Waals surface area contributed by atoms with Crippen LogP contribution >= 0.6 is 11.3 Å². The molecule has 5 rings (SSSR count). The molecule has 2 aromatic carbocycles. The average Bonchev–Trinajstić information content (AvgIpc) is 3.40. The second kappa shape index (κ2) is 15.0. The van der Waals surface area contributed by atoms with Gasteiger partial charge in [0.15, 0.2) is 0 Å². The number of carbonyl (C=O) groups is 3. The first-order valence-electron chi connectivity index (χ1n) is 15.8. The van der Waals surface area contributed by atoms with Gasteiger partial charge < -0.3 is 29.6 Å². The fraction of sp³-hybridized carbons (Fsp3) is 0.389. The number of nitrogens with one attached hydrogen (secondary N) is 2. The lowest BCUT2D eigenvalue weighted by atomic mass is 10.0. The molecule has 47 heavy (non-hydrogen) atoms. The average molecular weight is 660 g/mol. The largest absolute Gasteiger partial charge is 0.444 e. The van der Waals surface area contributed by atoms with Crippen LogP contribution in [0.4, 0.5) is 10.5 Å². The number of rotatable bonds is 7. The van der Waals surface area contributed by atoms with Crippen LogP contribution in [0.25, 0.3) is 31.3 Å². The molecule has 1 aliphatic heterocycles. The van der Waals surface area contributed by atoms with Crippen LogP contribution in [0.3, 0.4) is 0 Å². The first-order chi connectivity index (χ1) is 22.4. The highest BCUT2D eigenvalue weighted by molar-refractivity contribution is 7.26. The number of alkyl carbamates (subject to hydrolysis) is 1. The van der Waals surface area contributed by atoms with E-state index in [0.717, 1.165) is 43.1 Å². The van der Waals surface area contributed by atoms with E-state index in [2.05, 4.69) is 27.7 Å². The van der Waals surface area contributed by atoms with Gasteiger partial charge in [-0.2, -0.15) is 0 Å². The van der Waals surface area contributed by atoms with Gasteiger partial charge in [0.25, 0.3) is 0 Å². The van der Waals surface area contributed by atoms with Gasteiger partial charge in [-0.15, -0.1) is 11.3 Å². The van der Waals surface area contributed by atoms with Crippen molar-refractivity contribution >= 4 is 55.5 Å². The van der Waals surface area contributed by atoms with E-state index >= 15 is 0 Å². The number of aldehydes is 1. The molecule has 3 heterocycles. The Morgan fingerprint density at radius 3 is 2.36 bits per heavy atom. The van der Waals surface area contributed by atoms with Crippen LogP contribution in [0.2, 0.25) is 0 Å². The van der Waals surface area contributed by atoms with Crippen molar-refractivity contribution in [3.8, 4) is 11.1 Å². The number of carbonyl (C=O) groups excluding carboxylic acids is 3. The number of hydrogen-bond acceptors (Lipinski definition) is 8. The summed E-state index contributed by atoms with van der Waals surface area (Å²) in [4.78, 5) is 44.2. The van der Waals surface area contributed by atoms with E-state index in [1.54, 1.807) is 46.0 Å². The first-order valence-corrected chi connectivity index (χ1v) is 16.6. The number of allylic oxidation sites excluding steroid dienone is 1. The second-order valence-corrected chi connectivity index (χ2v) is 13.5. The highest BCUT2D eigenvalue weighted by atomic mass is 32.1. The maximum Gasteiger partial charge on any atom is 0.408 e. The molecule has 11 heteroatoms. The van der Waals surface area contributed by atoms with Gasteiger partial charge in [-0.1, -0.05) is 32.0 Å². The van der Waals surface area contributed by atoms with Crippen molar-refractivity contribution in [2.24, 2.45) is 12.0 Å². The van der Waals surface area contributed by atoms with Crippen LogP contribution in [0.15, 0.2) is 71.6 Å². The summed E-state index contributed by atoms with van der Waals surface area (Å²) in [5, 5.41) is 7.66. The van der Waals surface area contributed by atoms with E-state index in [9.17, 15) is 14.4 Å². The monoisotopic (exact) mass is 659 g/mol. The van der Waals surface area contributed by atoms with Crippen LogP contribution < -0.4 is 16.1 Å². The van der Waals surface area contributed by atoms with Gasteiger partial charge in [0.2, 0.25) is 5.91 Å². The minimum atomic E-state index is -1.21. The SMILES string of the molecule is CC.Cn1cccc(-c2cccc3c2sc2ccc(NC(=O)C(C)(C)NC(=O)OC(C)(C)C)cc23)/c1=N/C(=C\C=O)N1CCOCC1. The minimum absolute atomic E-state index is 0.365. The fourth-order valence-electron chi connectivity index (χ4n) is 5.12. The van der Waals surface area contributed by atoms with E-state index in [-0.39, 0.29) is 5.91 Å². The molecule has 250 valence electrons. The molecule has 2 aromatic heterocycles. The van der Waals surface area contributed by atoms with Gasteiger partial charge in [-0.25, -0.2) is 9.79 Å². The van der Waals surface area contributed by atoms with Gasteiger partial charge in [0.05, 0.1) is 13.2 Å². The van der Waals surface area contributed by atoms with Crippen molar-refractivity contribution < 1.29 is 23.9 Å². The van der Waals surface area contributed by atoms with Gasteiger partial charge in [0, 0.05) is 69.4 Å². The van der Waals surface area contributed by atoms with E-state index in [0.29, 0.717) is 37.8 Å². The molecule has 0 radical (unpaired) electrons. The molecule has 0 aliphatic carbocycles. The van der Waals surface area contributed by atoms with Gasteiger partial charge >= 0.3 is 6.09 Å². The van der Waals surface area contributed by atoms with E-state index < -0.39 is 17.2 Å². The number of ether oxygens (including phenoxy) is 2. The van der Waals surface area contributed by atoms with Crippen molar-refractivity contribution in [3.63, 3.8) is 0 Å². The Kier molecular flexibility index (Phi) is 11.3. The highest BCUT2D eigenvalue weighted by Crippen LogP contribution is 2.40. The summed E-state index contributed by atoms with van der Waals surface area (Å²) in [5.74, 6) is 0.236. The lowest BCUT2D eigenvalue weighted by Gasteiger charge is -2.28. The number of fused-ring (bicyclic) bond motifs is 3. The maximum atomic E-state index is 13.2. The molecule has 4 aromatic rings. The summed E-state index contributed by atoms with van der Waals surface area (Å²) in [6.07, 6.45) is 3.56. The predicted molar refractivity (Wildman–Crippen MR) is 189 cm³/mol. The standard InChI is InChI=1S/C34H39N5O5S.C2H6/c1-33(2,3)44-32(42)37-34(4,5)31(41)35-22-12-13-27-26(21-22)24-10-7-9-23(29(24)45-27)25-11-8-15-38(6)30(25)36-28(14-18-40)39-16-19-43-20-17-39;1-2/h7-15,18,21H,16-17,19-20H2,1-6H3,(H,35,41)(H,37,42);1-2H3/b28-14+,36-30-;. The summed E-state index contributed by atoms with van der Waals surface area (Å²) in [6.45, 7) is 15.1. The number of nitrogens with zero attached hydrogens (tertiary/aromatic N) is 3. The lowest BCUT2D eigenvalue weighted by molar-refractivity contribution is -0.121. The zero-order valence-corrected chi connectivity index (χ0v) is 29.3. The van der Waals surface area contributed by atoms with Crippen LogP contribution in [0.5, 0.6) is 0 Å². The Morgan fingerprint density at radius 2 is 1.68 bits per heavy atom. The van der Waals surface area contributed by atoms with Crippen molar-refractivity contribution in [3.05, 3.63) is 72.1 Å². The smallest absolute Gasteiger partial charge is 0.408 e.